The van der Waals surface area contributed by atoms with Crippen LogP contribution in [0.25, 0.3) is 0 Å². The molecule has 1 aromatic heterocycles. The van der Waals surface area contributed by atoms with Crippen LogP contribution in [0.3, 0.4) is 0 Å². The molecule has 3 fully saturated rings. The Kier molecular flexibility index (Phi) is 8.38. The Balaban J connectivity index is 1.14. The van der Waals surface area contributed by atoms with Crippen molar-refractivity contribution in [2.75, 3.05) is 19.6 Å². The number of aliphatic carboxylic acids is 1. The molecule has 3 aromatic rings. The lowest BCUT2D eigenvalue weighted by molar-refractivity contribution is -0.132. The summed E-state index contributed by atoms with van der Waals surface area (Å²) >= 11 is 0. The normalized spacial score (nSPS) is 23.2. The summed E-state index contributed by atoms with van der Waals surface area (Å²) in [6.45, 7) is 6.02. The van der Waals surface area contributed by atoms with Crippen LogP contribution in [0.4, 0.5) is 4.39 Å². The summed E-state index contributed by atoms with van der Waals surface area (Å²) in [5.74, 6) is 0.521. The van der Waals surface area contributed by atoms with Gasteiger partial charge in [-0.2, -0.15) is 5.10 Å². The van der Waals surface area contributed by atoms with E-state index < -0.39 is 5.97 Å². The van der Waals surface area contributed by atoms with Gasteiger partial charge in [-0.05, 0) is 112 Å². The summed E-state index contributed by atoms with van der Waals surface area (Å²) in [6, 6.07) is 19.8. The molecule has 0 spiro atoms. The Morgan fingerprint density at radius 2 is 1.78 bits per heavy atom. The van der Waals surface area contributed by atoms with E-state index in [0.29, 0.717) is 29.7 Å². The highest BCUT2D eigenvalue weighted by Crippen LogP contribution is 2.47. The maximum atomic E-state index is 14.2. The van der Waals surface area contributed by atoms with Gasteiger partial charge in [0, 0.05) is 36.7 Å². The van der Waals surface area contributed by atoms with Gasteiger partial charge < -0.3 is 10.0 Å². The van der Waals surface area contributed by atoms with E-state index >= 15 is 0 Å². The molecule has 0 radical (unpaired) electrons. The van der Waals surface area contributed by atoms with Crippen LogP contribution in [0.2, 0.25) is 0 Å². The number of hydrogen-bond donors (Lipinski definition) is 1. The van der Waals surface area contributed by atoms with Crippen molar-refractivity contribution in [2.45, 2.75) is 76.7 Å². The number of piperidine rings is 1. The lowest BCUT2D eigenvalue weighted by atomic mass is 9.87. The maximum absolute atomic E-state index is 14.2. The fourth-order valence-corrected chi connectivity index (χ4v) is 7.24. The third-order valence-corrected chi connectivity index (χ3v) is 9.58. The number of allylic oxidation sites excluding steroid dienone is 1. The lowest BCUT2D eigenvalue weighted by Crippen LogP contribution is -2.37. The van der Waals surface area contributed by atoms with Crippen molar-refractivity contribution in [3.63, 3.8) is 0 Å². The second kappa shape index (κ2) is 12.3. The van der Waals surface area contributed by atoms with Crippen molar-refractivity contribution < 1.29 is 14.3 Å². The van der Waals surface area contributed by atoms with Crippen LogP contribution >= 0.6 is 0 Å². The Morgan fingerprint density at radius 1 is 1.00 bits per heavy atom. The molecule has 1 saturated heterocycles. The average molecular weight is 556 g/mol. The molecule has 6 heteroatoms. The molecule has 216 valence electrons. The summed E-state index contributed by atoms with van der Waals surface area (Å²) in [5, 5.41) is 15.0. The van der Waals surface area contributed by atoms with Gasteiger partial charge >= 0.3 is 5.97 Å². The van der Waals surface area contributed by atoms with Crippen molar-refractivity contribution in [1.82, 2.24) is 14.7 Å². The third-order valence-electron chi connectivity index (χ3n) is 9.58. The van der Waals surface area contributed by atoms with Gasteiger partial charge in [0.15, 0.2) is 0 Å². The van der Waals surface area contributed by atoms with Crippen LogP contribution in [-0.4, -0.2) is 45.4 Å². The predicted molar refractivity (Wildman–Crippen MR) is 159 cm³/mol. The summed E-state index contributed by atoms with van der Waals surface area (Å²) in [7, 11) is 0. The van der Waals surface area contributed by atoms with Gasteiger partial charge in [-0.3, -0.25) is 4.68 Å². The van der Waals surface area contributed by atoms with Crippen LogP contribution in [0.1, 0.15) is 86.2 Å². The van der Waals surface area contributed by atoms with Crippen LogP contribution in [0.5, 0.6) is 0 Å². The molecule has 2 atom stereocenters. The zero-order valence-electron chi connectivity index (χ0n) is 24.1. The number of likely N-dealkylation sites (tertiary alicyclic amines) is 1. The van der Waals surface area contributed by atoms with Crippen molar-refractivity contribution in [3.05, 3.63) is 100 Å². The van der Waals surface area contributed by atoms with Crippen LogP contribution in [0.15, 0.2) is 71.8 Å². The summed E-state index contributed by atoms with van der Waals surface area (Å²) in [4.78, 5) is 14.8. The van der Waals surface area contributed by atoms with Crippen molar-refractivity contribution >= 4 is 5.97 Å². The van der Waals surface area contributed by atoms with E-state index in [0.717, 1.165) is 88.0 Å². The number of benzene rings is 2. The van der Waals surface area contributed by atoms with E-state index in [1.54, 1.807) is 12.1 Å². The van der Waals surface area contributed by atoms with Gasteiger partial charge in [-0.25, -0.2) is 9.18 Å². The molecule has 1 N–H and O–H groups in total. The van der Waals surface area contributed by atoms with Crippen molar-refractivity contribution in [1.29, 1.82) is 0 Å². The minimum Gasteiger partial charge on any atom is -0.478 e. The van der Waals surface area contributed by atoms with Gasteiger partial charge in [-0.1, -0.05) is 48.0 Å². The molecule has 2 saturated carbocycles. The fourth-order valence-electron chi connectivity index (χ4n) is 7.24. The smallest absolute Gasteiger partial charge is 0.331 e. The SMILES string of the molecule is CCn1nc(Cc2ccccc2)cc1C1CCN(CC2C/C(=C(/CC3CC3)C(=O)O)CC2c2cccc(F)c2)CC1. The summed E-state index contributed by atoms with van der Waals surface area (Å²) < 4.78 is 16.4. The van der Waals surface area contributed by atoms with E-state index in [1.165, 1.54) is 17.3 Å². The number of aryl methyl sites for hydroxylation is 1. The topological polar surface area (TPSA) is 58.4 Å². The number of carboxylic acid groups (broad SMARTS) is 1. The summed E-state index contributed by atoms with van der Waals surface area (Å²) in [5.41, 5.74) is 6.52. The Bertz CT molecular complexity index is 1390. The second-order valence-electron chi connectivity index (χ2n) is 12.5. The molecule has 0 bridgehead atoms. The lowest BCUT2D eigenvalue weighted by Gasteiger charge is -2.35. The molecule has 2 aromatic carbocycles. The highest BCUT2D eigenvalue weighted by atomic mass is 19.1. The van der Waals surface area contributed by atoms with Gasteiger partial charge in [0.1, 0.15) is 5.82 Å². The average Bonchev–Trinajstić information content (AvgIpc) is 3.57. The summed E-state index contributed by atoms with van der Waals surface area (Å²) in [6.07, 6.45) is 7.56. The zero-order chi connectivity index (χ0) is 28.3. The molecule has 2 aliphatic carbocycles. The number of carbonyl (C=O) groups is 1. The minimum atomic E-state index is -0.759. The quantitative estimate of drug-likeness (QED) is 0.269. The molecule has 41 heavy (non-hydrogen) atoms. The number of halogens is 1. The maximum Gasteiger partial charge on any atom is 0.331 e. The standard InChI is InChI=1S/C35H42FN3O2/c1-2-39-34(22-31(37-39)17-24-7-4-3-5-8-24)26-13-15-38(16-14-26)23-29-19-28(33(35(40)41)18-25-11-12-25)21-32(29)27-9-6-10-30(36)20-27/h3-10,20,22,25-26,29,32H,2,11-19,21,23H2,1H3,(H,40,41)/b33-28+. The first kappa shape index (κ1) is 27.9. The van der Waals surface area contributed by atoms with E-state index in [2.05, 4.69) is 52.9 Å². The molecule has 1 aliphatic heterocycles. The van der Waals surface area contributed by atoms with Gasteiger partial charge in [0.05, 0.1) is 5.69 Å². The minimum absolute atomic E-state index is 0.161. The van der Waals surface area contributed by atoms with E-state index in [1.807, 2.05) is 6.07 Å². The highest BCUT2D eigenvalue weighted by molar-refractivity contribution is 5.87. The molecular weight excluding hydrogens is 513 g/mol. The molecule has 2 unspecified atom stereocenters. The first-order valence-electron chi connectivity index (χ1n) is 15.5. The molecule has 2 heterocycles. The van der Waals surface area contributed by atoms with E-state index in [9.17, 15) is 14.3 Å². The van der Waals surface area contributed by atoms with Gasteiger partial charge in [0.2, 0.25) is 0 Å². The fraction of sp³-hybridized carbons (Fsp3) is 0.486. The largest absolute Gasteiger partial charge is 0.478 e. The van der Waals surface area contributed by atoms with Crippen LogP contribution in [-0.2, 0) is 17.8 Å². The van der Waals surface area contributed by atoms with Crippen LogP contribution < -0.4 is 0 Å². The molecule has 3 aliphatic rings. The van der Waals surface area contributed by atoms with Crippen LogP contribution in [0, 0.1) is 17.7 Å². The monoisotopic (exact) mass is 555 g/mol. The number of nitrogens with zero attached hydrogens (tertiary/aromatic N) is 3. The molecular formula is C35H42FN3O2. The van der Waals surface area contributed by atoms with E-state index in [4.69, 9.17) is 5.10 Å². The first-order valence-corrected chi connectivity index (χ1v) is 15.5. The molecule has 5 nitrogen and oxygen atoms in total. The van der Waals surface area contributed by atoms with Crippen molar-refractivity contribution in [3.8, 4) is 0 Å². The van der Waals surface area contributed by atoms with Crippen molar-refractivity contribution in [2.24, 2.45) is 11.8 Å². The number of carboxylic acids is 1. The van der Waals surface area contributed by atoms with Gasteiger partial charge in [-0.15, -0.1) is 0 Å². The Hall–Kier alpha value is -3.25. The Labute approximate surface area is 243 Å². The second-order valence-corrected chi connectivity index (χ2v) is 12.5. The first-order chi connectivity index (χ1) is 20.0. The highest BCUT2D eigenvalue weighted by Gasteiger charge is 2.37. The zero-order valence-corrected chi connectivity index (χ0v) is 24.1. The molecule has 6 rings (SSSR count). The number of rotatable bonds is 10. The third kappa shape index (κ3) is 6.64. The predicted octanol–water partition coefficient (Wildman–Crippen LogP) is 7.19. The number of aromatic nitrogens is 2. The Morgan fingerprint density at radius 3 is 2.46 bits per heavy atom. The molecule has 0 amide bonds. The van der Waals surface area contributed by atoms with E-state index in [-0.39, 0.29) is 11.7 Å². The van der Waals surface area contributed by atoms with Gasteiger partial charge in [0.25, 0.3) is 0 Å². The number of hydrogen-bond acceptors (Lipinski definition) is 3.